The number of benzene rings is 7. The van der Waals surface area contributed by atoms with E-state index in [0.29, 0.717) is 0 Å². The van der Waals surface area contributed by atoms with E-state index in [0.717, 1.165) is 0 Å². The van der Waals surface area contributed by atoms with Crippen LogP contribution in [0.15, 0.2) is 133 Å². The second-order valence-corrected chi connectivity index (χ2v) is 14.5. The maximum Gasteiger partial charge on any atom is 0.0540 e. The Hall–Kier alpha value is -4.88. The molecule has 0 bridgehead atoms. The molecule has 7 aromatic rings. The van der Waals surface area contributed by atoms with E-state index in [1.807, 2.05) is 0 Å². The van der Waals surface area contributed by atoms with Crippen molar-refractivity contribution in [2.75, 3.05) is 4.90 Å². The fourth-order valence-corrected chi connectivity index (χ4v) is 7.85. The standard InChI is InChI=1S/C45H41N/c1-30-27-40-41(45(4,5)26-25-44(40,2)3)29-43(30)46(42-20-12-15-31-13-6-9-17-36(31)42)34-23-21-32(22-24-34)39-28-33-14-7-8-16-35(33)37-18-10-11-19-38(37)39/h6-24,27-29H,25-26H2,1-5H3. The van der Waals surface area contributed by atoms with E-state index in [4.69, 9.17) is 0 Å². The van der Waals surface area contributed by atoms with Crippen molar-refractivity contribution in [3.63, 3.8) is 0 Å². The van der Waals surface area contributed by atoms with E-state index < -0.39 is 0 Å². The van der Waals surface area contributed by atoms with Crippen molar-refractivity contribution in [1.82, 2.24) is 0 Å². The van der Waals surface area contributed by atoms with Gasteiger partial charge < -0.3 is 4.90 Å². The molecule has 0 fully saturated rings. The van der Waals surface area contributed by atoms with Crippen LogP contribution in [0.1, 0.15) is 57.2 Å². The van der Waals surface area contributed by atoms with Gasteiger partial charge in [0.05, 0.1) is 5.69 Å². The summed E-state index contributed by atoms with van der Waals surface area (Å²) < 4.78 is 0. The highest BCUT2D eigenvalue weighted by atomic mass is 15.1. The van der Waals surface area contributed by atoms with E-state index in [1.54, 1.807) is 0 Å². The summed E-state index contributed by atoms with van der Waals surface area (Å²) in [7, 11) is 0. The number of aryl methyl sites for hydroxylation is 1. The maximum absolute atomic E-state index is 2.51. The third-order valence-electron chi connectivity index (χ3n) is 10.6. The molecule has 0 atom stereocenters. The second kappa shape index (κ2) is 10.6. The molecule has 7 aromatic carbocycles. The van der Waals surface area contributed by atoms with E-state index in [2.05, 4.69) is 173 Å². The van der Waals surface area contributed by atoms with Crippen molar-refractivity contribution in [2.45, 2.75) is 58.3 Å². The van der Waals surface area contributed by atoms with Gasteiger partial charge in [0.25, 0.3) is 0 Å². The van der Waals surface area contributed by atoms with E-state index in [1.165, 1.54) is 90.0 Å². The van der Waals surface area contributed by atoms with Crippen LogP contribution in [0, 0.1) is 6.92 Å². The van der Waals surface area contributed by atoms with Crippen LogP contribution in [-0.4, -0.2) is 0 Å². The third-order valence-corrected chi connectivity index (χ3v) is 10.6. The molecule has 0 radical (unpaired) electrons. The molecule has 0 spiro atoms. The summed E-state index contributed by atoms with van der Waals surface area (Å²) in [6.45, 7) is 12.0. The molecule has 0 N–H and O–H groups in total. The Morgan fingerprint density at radius 3 is 1.76 bits per heavy atom. The van der Waals surface area contributed by atoms with Crippen LogP contribution in [0.5, 0.6) is 0 Å². The molecule has 1 heteroatoms. The van der Waals surface area contributed by atoms with Crippen LogP contribution in [0.4, 0.5) is 17.1 Å². The molecular formula is C45H41N. The molecule has 0 saturated carbocycles. The molecule has 0 aliphatic heterocycles. The molecule has 1 aliphatic rings. The molecule has 226 valence electrons. The van der Waals surface area contributed by atoms with Crippen LogP contribution in [0.25, 0.3) is 43.4 Å². The SMILES string of the molecule is Cc1cc2c(cc1N(c1ccc(-c3cc4ccccc4c4ccccc34)cc1)c1cccc3ccccc13)C(C)(C)CCC2(C)C. The van der Waals surface area contributed by atoms with Gasteiger partial charge in [-0.2, -0.15) is 0 Å². The molecule has 8 rings (SSSR count). The molecule has 0 saturated heterocycles. The van der Waals surface area contributed by atoms with Crippen LogP contribution >= 0.6 is 0 Å². The highest BCUT2D eigenvalue weighted by molar-refractivity contribution is 6.13. The van der Waals surface area contributed by atoms with Gasteiger partial charge in [-0.05, 0) is 116 Å². The van der Waals surface area contributed by atoms with Gasteiger partial charge in [0.2, 0.25) is 0 Å². The molecule has 0 unspecified atom stereocenters. The molecule has 0 amide bonds. The lowest BCUT2D eigenvalue weighted by Gasteiger charge is -2.43. The van der Waals surface area contributed by atoms with Gasteiger partial charge in [-0.3, -0.25) is 0 Å². The van der Waals surface area contributed by atoms with Crippen molar-refractivity contribution in [3.05, 3.63) is 150 Å². The number of hydrogen-bond donors (Lipinski definition) is 0. The summed E-state index contributed by atoms with van der Waals surface area (Å²) in [5.41, 5.74) is 10.7. The monoisotopic (exact) mass is 595 g/mol. The van der Waals surface area contributed by atoms with Crippen molar-refractivity contribution < 1.29 is 0 Å². The second-order valence-electron chi connectivity index (χ2n) is 14.5. The number of rotatable bonds is 4. The van der Waals surface area contributed by atoms with Gasteiger partial charge in [0.1, 0.15) is 0 Å². The predicted molar refractivity (Wildman–Crippen MR) is 199 cm³/mol. The normalized spacial score (nSPS) is 15.2. The predicted octanol–water partition coefficient (Wildman–Crippen LogP) is 12.9. The van der Waals surface area contributed by atoms with Crippen LogP contribution in [-0.2, 0) is 10.8 Å². The Morgan fingerprint density at radius 2 is 1.04 bits per heavy atom. The van der Waals surface area contributed by atoms with Gasteiger partial charge in [0.15, 0.2) is 0 Å². The fourth-order valence-electron chi connectivity index (χ4n) is 7.85. The van der Waals surface area contributed by atoms with Crippen LogP contribution < -0.4 is 4.90 Å². The van der Waals surface area contributed by atoms with E-state index in [9.17, 15) is 0 Å². The summed E-state index contributed by atoms with van der Waals surface area (Å²) in [5, 5.41) is 7.66. The molecular weight excluding hydrogens is 555 g/mol. The summed E-state index contributed by atoms with van der Waals surface area (Å²) in [4.78, 5) is 2.50. The summed E-state index contributed by atoms with van der Waals surface area (Å²) in [6, 6.07) is 49.6. The fraction of sp³-hybridized carbons (Fsp3) is 0.200. The van der Waals surface area contributed by atoms with E-state index >= 15 is 0 Å². The lowest BCUT2D eigenvalue weighted by molar-refractivity contribution is 0.332. The molecule has 46 heavy (non-hydrogen) atoms. The zero-order chi connectivity index (χ0) is 31.6. The van der Waals surface area contributed by atoms with Crippen molar-refractivity contribution in [2.24, 2.45) is 0 Å². The van der Waals surface area contributed by atoms with E-state index in [-0.39, 0.29) is 10.8 Å². The molecule has 0 heterocycles. The topological polar surface area (TPSA) is 3.24 Å². The van der Waals surface area contributed by atoms with Crippen molar-refractivity contribution in [3.8, 4) is 11.1 Å². The summed E-state index contributed by atoms with van der Waals surface area (Å²) >= 11 is 0. The minimum Gasteiger partial charge on any atom is -0.310 e. The Morgan fingerprint density at radius 1 is 0.478 bits per heavy atom. The zero-order valence-corrected chi connectivity index (χ0v) is 27.6. The highest BCUT2D eigenvalue weighted by Crippen LogP contribution is 2.50. The Balaban J connectivity index is 1.34. The minimum atomic E-state index is 0.124. The first-order valence-electron chi connectivity index (χ1n) is 16.7. The van der Waals surface area contributed by atoms with Crippen molar-refractivity contribution in [1.29, 1.82) is 0 Å². The largest absolute Gasteiger partial charge is 0.310 e. The quantitative estimate of drug-likeness (QED) is 0.183. The maximum atomic E-state index is 2.51. The van der Waals surface area contributed by atoms with Crippen molar-refractivity contribution >= 4 is 49.4 Å². The van der Waals surface area contributed by atoms with Gasteiger partial charge in [0, 0.05) is 16.8 Å². The average Bonchev–Trinajstić information content (AvgIpc) is 3.07. The summed E-state index contributed by atoms with van der Waals surface area (Å²) in [5.74, 6) is 0. The highest BCUT2D eigenvalue weighted by Gasteiger charge is 2.38. The lowest BCUT2D eigenvalue weighted by Crippen LogP contribution is -2.34. The Labute approximate surface area is 273 Å². The van der Waals surface area contributed by atoms with Gasteiger partial charge in [-0.1, -0.05) is 131 Å². The first-order chi connectivity index (χ1) is 22.2. The Bertz CT molecular complexity index is 2260. The first kappa shape index (κ1) is 28.6. The number of fused-ring (bicyclic) bond motifs is 5. The minimum absolute atomic E-state index is 0.124. The smallest absolute Gasteiger partial charge is 0.0540 e. The molecule has 1 nitrogen and oxygen atoms in total. The van der Waals surface area contributed by atoms with Gasteiger partial charge in [-0.25, -0.2) is 0 Å². The number of hydrogen-bond acceptors (Lipinski definition) is 1. The zero-order valence-electron chi connectivity index (χ0n) is 27.6. The number of nitrogens with zero attached hydrogens (tertiary/aromatic N) is 1. The van der Waals surface area contributed by atoms with Gasteiger partial charge in [-0.15, -0.1) is 0 Å². The Kier molecular flexibility index (Phi) is 6.58. The first-order valence-corrected chi connectivity index (χ1v) is 16.7. The van der Waals surface area contributed by atoms with Crippen LogP contribution in [0.2, 0.25) is 0 Å². The average molecular weight is 596 g/mol. The van der Waals surface area contributed by atoms with Gasteiger partial charge >= 0.3 is 0 Å². The molecule has 1 aliphatic carbocycles. The number of anilines is 3. The van der Waals surface area contributed by atoms with Crippen LogP contribution in [0.3, 0.4) is 0 Å². The summed E-state index contributed by atoms with van der Waals surface area (Å²) in [6.07, 6.45) is 2.40. The third kappa shape index (κ3) is 4.60. The lowest BCUT2D eigenvalue weighted by atomic mass is 9.63. The molecule has 0 aromatic heterocycles.